The van der Waals surface area contributed by atoms with Gasteiger partial charge in [0.05, 0.1) is 19.3 Å². The number of nitrogens with one attached hydrogen (secondary N) is 1. The number of amides is 2. The first-order valence-electron chi connectivity index (χ1n) is 8.17. The third-order valence-corrected chi connectivity index (χ3v) is 3.84. The molecular weight excluding hydrogens is 310 g/mol. The topological polar surface area (TPSA) is 93.9 Å². The molecule has 0 spiro atoms. The average Bonchev–Trinajstić information content (AvgIpc) is 2.59. The first-order chi connectivity index (χ1) is 11.6. The van der Waals surface area contributed by atoms with Crippen LogP contribution >= 0.6 is 0 Å². The third kappa shape index (κ3) is 6.17. The van der Waals surface area contributed by atoms with Crippen LogP contribution in [0.25, 0.3) is 0 Å². The van der Waals surface area contributed by atoms with Crippen molar-refractivity contribution in [1.29, 1.82) is 0 Å². The van der Waals surface area contributed by atoms with Crippen molar-refractivity contribution in [2.45, 2.75) is 26.0 Å². The first kappa shape index (κ1) is 18.2. The van der Waals surface area contributed by atoms with Crippen molar-refractivity contribution >= 4 is 11.8 Å². The van der Waals surface area contributed by atoms with Gasteiger partial charge in [0, 0.05) is 19.6 Å². The van der Waals surface area contributed by atoms with Gasteiger partial charge in [-0.2, -0.15) is 0 Å². The van der Waals surface area contributed by atoms with E-state index in [1.807, 2.05) is 12.1 Å². The summed E-state index contributed by atoms with van der Waals surface area (Å²) in [6, 6.07) is 7.19. The van der Waals surface area contributed by atoms with Crippen LogP contribution in [0.3, 0.4) is 0 Å². The SMILES string of the molecule is CC[C@H]1CN(CC(=O)NCc2ccc(OCC(N)=O)cc2)CCO1. The van der Waals surface area contributed by atoms with Crippen molar-refractivity contribution in [3.8, 4) is 5.75 Å². The molecule has 1 aliphatic heterocycles. The van der Waals surface area contributed by atoms with Crippen LogP contribution < -0.4 is 15.8 Å². The van der Waals surface area contributed by atoms with E-state index >= 15 is 0 Å². The van der Waals surface area contributed by atoms with Crippen molar-refractivity contribution in [2.24, 2.45) is 5.73 Å². The van der Waals surface area contributed by atoms with Gasteiger partial charge in [-0.05, 0) is 24.1 Å². The molecule has 1 aromatic rings. The molecule has 132 valence electrons. The Bertz CT molecular complexity index is 547. The number of carbonyl (C=O) groups is 2. The minimum Gasteiger partial charge on any atom is -0.484 e. The minimum absolute atomic E-state index is 0.000748. The summed E-state index contributed by atoms with van der Waals surface area (Å²) in [5.74, 6) is 0.0587. The Labute approximate surface area is 142 Å². The van der Waals surface area contributed by atoms with Crippen LogP contribution in [0.4, 0.5) is 0 Å². The van der Waals surface area contributed by atoms with Gasteiger partial charge in [-0.3, -0.25) is 14.5 Å². The smallest absolute Gasteiger partial charge is 0.255 e. The summed E-state index contributed by atoms with van der Waals surface area (Å²) in [5.41, 5.74) is 5.98. The van der Waals surface area contributed by atoms with Gasteiger partial charge in [0.1, 0.15) is 5.75 Å². The van der Waals surface area contributed by atoms with Crippen molar-refractivity contribution < 1.29 is 19.1 Å². The predicted molar refractivity (Wildman–Crippen MR) is 89.4 cm³/mol. The standard InChI is InChI=1S/C17H25N3O4/c1-2-14-10-20(7-8-23-14)11-17(22)19-9-13-3-5-15(6-4-13)24-12-16(18)21/h3-6,14H,2,7-12H2,1H3,(H2,18,21)(H,19,22)/t14-/m0/s1. The largest absolute Gasteiger partial charge is 0.484 e. The zero-order chi connectivity index (χ0) is 17.4. The van der Waals surface area contributed by atoms with Crippen molar-refractivity contribution in [2.75, 3.05) is 32.8 Å². The molecule has 0 aromatic heterocycles. The van der Waals surface area contributed by atoms with Crippen LogP contribution in [0.5, 0.6) is 5.75 Å². The molecule has 7 nitrogen and oxygen atoms in total. The molecule has 1 aliphatic rings. The molecule has 0 radical (unpaired) electrons. The highest BCUT2D eigenvalue weighted by Crippen LogP contribution is 2.12. The van der Waals surface area contributed by atoms with E-state index in [4.69, 9.17) is 15.2 Å². The fraction of sp³-hybridized carbons (Fsp3) is 0.529. The Hall–Kier alpha value is -2.12. The van der Waals surface area contributed by atoms with E-state index in [9.17, 15) is 9.59 Å². The number of carbonyl (C=O) groups excluding carboxylic acids is 2. The number of benzene rings is 1. The Morgan fingerprint density at radius 3 is 2.79 bits per heavy atom. The molecule has 3 N–H and O–H groups in total. The van der Waals surface area contributed by atoms with Crippen LogP contribution in [0.2, 0.25) is 0 Å². The summed E-state index contributed by atoms with van der Waals surface area (Å²) >= 11 is 0. The number of ether oxygens (including phenoxy) is 2. The van der Waals surface area contributed by atoms with Crippen LogP contribution in [0, 0.1) is 0 Å². The third-order valence-electron chi connectivity index (χ3n) is 3.84. The molecule has 0 unspecified atom stereocenters. The Morgan fingerprint density at radius 1 is 1.38 bits per heavy atom. The van der Waals surface area contributed by atoms with Crippen LogP contribution in [0.15, 0.2) is 24.3 Å². The van der Waals surface area contributed by atoms with E-state index in [1.54, 1.807) is 12.1 Å². The second-order valence-corrected chi connectivity index (χ2v) is 5.81. The zero-order valence-electron chi connectivity index (χ0n) is 14.0. The number of morpholine rings is 1. The predicted octanol–water partition coefficient (Wildman–Crippen LogP) is 0.278. The number of hydrogen-bond donors (Lipinski definition) is 2. The lowest BCUT2D eigenvalue weighted by Crippen LogP contribution is -2.46. The molecular formula is C17H25N3O4. The lowest BCUT2D eigenvalue weighted by atomic mass is 10.2. The lowest BCUT2D eigenvalue weighted by molar-refractivity contribution is -0.124. The molecule has 24 heavy (non-hydrogen) atoms. The molecule has 0 bridgehead atoms. The fourth-order valence-electron chi connectivity index (χ4n) is 2.49. The molecule has 1 fully saturated rings. The molecule has 0 saturated carbocycles. The quantitative estimate of drug-likeness (QED) is 0.712. The van der Waals surface area contributed by atoms with Gasteiger partial charge in [-0.1, -0.05) is 19.1 Å². The molecule has 1 saturated heterocycles. The Morgan fingerprint density at radius 2 is 2.12 bits per heavy atom. The summed E-state index contributed by atoms with van der Waals surface area (Å²) in [6.45, 7) is 5.06. The second-order valence-electron chi connectivity index (χ2n) is 5.81. The highest BCUT2D eigenvalue weighted by Gasteiger charge is 2.20. The summed E-state index contributed by atoms with van der Waals surface area (Å²) in [5, 5.41) is 2.91. The van der Waals surface area contributed by atoms with Crippen LogP contribution in [0.1, 0.15) is 18.9 Å². The normalized spacial score (nSPS) is 18.1. The van der Waals surface area contributed by atoms with Gasteiger partial charge in [-0.15, -0.1) is 0 Å². The number of hydrogen-bond acceptors (Lipinski definition) is 5. The first-order valence-corrected chi connectivity index (χ1v) is 8.17. The summed E-state index contributed by atoms with van der Waals surface area (Å²) < 4.78 is 10.8. The van der Waals surface area contributed by atoms with E-state index in [0.29, 0.717) is 25.4 Å². The molecule has 0 aliphatic carbocycles. The van der Waals surface area contributed by atoms with Gasteiger partial charge >= 0.3 is 0 Å². The van der Waals surface area contributed by atoms with E-state index < -0.39 is 5.91 Å². The molecule has 2 amide bonds. The molecule has 2 rings (SSSR count). The minimum atomic E-state index is -0.514. The maximum Gasteiger partial charge on any atom is 0.255 e. The number of rotatable bonds is 8. The van der Waals surface area contributed by atoms with Crippen LogP contribution in [-0.4, -0.2) is 55.7 Å². The lowest BCUT2D eigenvalue weighted by Gasteiger charge is -2.31. The summed E-state index contributed by atoms with van der Waals surface area (Å²) in [7, 11) is 0. The van der Waals surface area contributed by atoms with E-state index in [0.717, 1.165) is 25.1 Å². The summed E-state index contributed by atoms with van der Waals surface area (Å²) in [4.78, 5) is 24.8. The van der Waals surface area contributed by atoms with E-state index in [1.165, 1.54) is 0 Å². The fourth-order valence-corrected chi connectivity index (χ4v) is 2.49. The number of nitrogens with two attached hydrogens (primary N) is 1. The monoisotopic (exact) mass is 335 g/mol. The van der Waals surface area contributed by atoms with Gasteiger partial charge < -0.3 is 20.5 Å². The van der Waals surface area contributed by atoms with Gasteiger partial charge in [-0.25, -0.2) is 0 Å². The van der Waals surface area contributed by atoms with Gasteiger partial charge in [0.15, 0.2) is 6.61 Å². The molecule has 1 aromatic carbocycles. The van der Waals surface area contributed by atoms with Gasteiger partial charge in [0.25, 0.3) is 5.91 Å². The van der Waals surface area contributed by atoms with Crippen molar-refractivity contribution in [3.63, 3.8) is 0 Å². The summed E-state index contributed by atoms with van der Waals surface area (Å²) in [6.07, 6.45) is 1.18. The second kappa shape index (κ2) is 9.24. The van der Waals surface area contributed by atoms with E-state index in [2.05, 4.69) is 17.1 Å². The van der Waals surface area contributed by atoms with Gasteiger partial charge in [0.2, 0.25) is 5.91 Å². The molecule has 1 heterocycles. The molecule has 1 atom stereocenters. The zero-order valence-corrected chi connectivity index (χ0v) is 14.0. The Kier molecular flexibility index (Phi) is 7.02. The van der Waals surface area contributed by atoms with Crippen molar-refractivity contribution in [1.82, 2.24) is 10.2 Å². The number of primary amides is 1. The van der Waals surface area contributed by atoms with E-state index in [-0.39, 0.29) is 18.6 Å². The maximum absolute atomic E-state index is 12.1. The molecule has 7 heteroatoms. The Balaban J connectivity index is 1.72. The highest BCUT2D eigenvalue weighted by molar-refractivity contribution is 5.78. The maximum atomic E-state index is 12.1. The number of nitrogens with zero attached hydrogens (tertiary/aromatic N) is 1. The highest BCUT2D eigenvalue weighted by atomic mass is 16.5. The van der Waals surface area contributed by atoms with Crippen LogP contribution in [-0.2, 0) is 20.9 Å². The van der Waals surface area contributed by atoms with Crippen molar-refractivity contribution in [3.05, 3.63) is 29.8 Å². The average molecular weight is 335 g/mol.